The third-order valence-electron chi connectivity index (χ3n) is 4.63. The minimum atomic E-state index is -2.96. The Morgan fingerprint density at radius 2 is 1.75 bits per heavy atom. The molecule has 2 N–H and O–H groups in total. The average molecular weight is 395 g/mol. The standard InChI is InChI=1S/C21H22N4O2S/c1-15-6-5-9-17(12-15)22-19-13-20(23-18-10-11-28(26,27)14-18)25-21(24-19)16-7-3-2-4-8-16/h2-9,12-13,18H,10-11,14H2,1H3,(H2,22,23,24,25). The Bertz CT molecular complexity index is 1080. The molecular weight excluding hydrogens is 372 g/mol. The molecule has 28 heavy (non-hydrogen) atoms. The molecule has 0 aliphatic carbocycles. The van der Waals surface area contributed by atoms with Crippen molar-refractivity contribution in [3.05, 3.63) is 66.2 Å². The molecule has 0 saturated carbocycles. The third kappa shape index (κ3) is 4.48. The summed E-state index contributed by atoms with van der Waals surface area (Å²) in [6.07, 6.45) is 0.591. The summed E-state index contributed by atoms with van der Waals surface area (Å²) in [5.74, 6) is 2.21. The van der Waals surface area contributed by atoms with Gasteiger partial charge in [-0.05, 0) is 31.0 Å². The molecule has 1 unspecified atom stereocenters. The molecule has 1 atom stereocenters. The predicted molar refractivity (Wildman–Crippen MR) is 113 cm³/mol. The van der Waals surface area contributed by atoms with E-state index in [2.05, 4.69) is 20.6 Å². The van der Waals surface area contributed by atoms with Gasteiger partial charge in [-0.25, -0.2) is 18.4 Å². The van der Waals surface area contributed by atoms with Gasteiger partial charge in [0.15, 0.2) is 15.7 Å². The maximum Gasteiger partial charge on any atom is 0.163 e. The lowest BCUT2D eigenvalue weighted by Crippen LogP contribution is -2.21. The van der Waals surface area contributed by atoms with Crippen LogP contribution in [0.4, 0.5) is 17.3 Å². The van der Waals surface area contributed by atoms with Gasteiger partial charge in [0.1, 0.15) is 11.6 Å². The van der Waals surface area contributed by atoms with Gasteiger partial charge in [-0.15, -0.1) is 0 Å². The van der Waals surface area contributed by atoms with E-state index in [4.69, 9.17) is 0 Å². The molecule has 3 aromatic rings. The second-order valence-electron chi connectivity index (χ2n) is 7.07. The number of hydrogen-bond acceptors (Lipinski definition) is 6. The summed E-state index contributed by atoms with van der Waals surface area (Å²) in [6, 6.07) is 19.5. The predicted octanol–water partition coefficient (Wildman–Crippen LogP) is 3.79. The molecule has 1 aliphatic heterocycles. The number of sulfone groups is 1. The number of anilines is 3. The van der Waals surface area contributed by atoms with Crippen LogP contribution in [0.5, 0.6) is 0 Å². The van der Waals surface area contributed by atoms with E-state index in [0.29, 0.717) is 23.9 Å². The molecule has 7 heteroatoms. The summed E-state index contributed by atoms with van der Waals surface area (Å²) >= 11 is 0. The van der Waals surface area contributed by atoms with Crippen LogP contribution in [0.2, 0.25) is 0 Å². The number of aromatic nitrogens is 2. The van der Waals surface area contributed by atoms with E-state index in [1.807, 2.05) is 67.6 Å². The van der Waals surface area contributed by atoms with E-state index in [1.165, 1.54) is 0 Å². The van der Waals surface area contributed by atoms with E-state index in [0.717, 1.165) is 16.8 Å². The van der Waals surface area contributed by atoms with Crippen molar-refractivity contribution >= 4 is 27.2 Å². The van der Waals surface area contributed by atoms with Crippen molar-refractivity contribution in [3.8, 4) is 11.4 Å². The Morgan fingerprint density at radius 3 is 2.46 bits per heavy atom. The van der Waals surface area contributed by atoms with Crippen LogP contribution in [0.25, 0.3) is 11.4 Å². The minimum absolute atomic E-state index is 0.129. The Morgan fingerprint density at radius 1 is 0.964 bits per heavy atom. The highest BCUT2D eigenvalue weighted by atomic mass is 32.2. The van der Waals surface area contributed by atoms with Gasteiger partial charge in [0, 0.05) is 23.4 Å². The first-order valence-corrected chi connectivity index (χ1v) is 11.0. The molecule has 1 aliphatic rings. The highest BCUT2D eigenvalue weighted by Gasteiger charge is 2.28. The number of aryl methyl sites for hydroxylation is 1. The van der Waals surface area contributed by atoms with Crippen molar-refractivity contribution in [2.75, 3.05) is 22.1 Å². The second-order valence-corrected chi connectivity index (χ2v) is 9.30. The first-order valence-electron chi connectivity index (χ1n) is 9.22. The fourth-order valence-corrected chi connectivity index (χ4v) is 4.96. The van der Waals surface area contributed by atoms with Gasteiger partial charge < -0.3 is 10.6 Å². The quantitative estimate of drug-likeness (QED) is 0.685. The van der Waals surface area contributed by atoms with Gasteiger partial charge in [0.2, 0.25) is 0 Å². The van der Waals surface area contributed by atoms with E-state index >= 15 is 0 Å². The SMILES string of the molecule is Cc1cccc(Nc2cc(NC3CCS(=O)(=O)C3)nc(-c3ccccc3)n2)c1. The lowest BCUT2D eigenvalue weighted by atomic mass is 10.2. The van der Waals surface area contributed by atoms with Crippen molar-refractivity contribution in [1.29, 1.82) is 0 Å². The van der Waals surface area contributed by atoms with Crippen molar-refractivity contribution in [3.63, 3.8) is 0 Å². The number of hydrogen-bond donors (Lipinski definition) is 2. The van der Waals surface area contributed by atoms with Crippen molar-refractivity contribution in [1.82, 2.24) is 9.97 Å². The fraction of sp³-hybridized carbons (Fsp3) is 0.238. The van der Waals surface area contributed by atoms with Crippen molar-refractivity contribution in [2.24, 2.45) is 0 Å². The van der Waals surface area contributed by atoms with Gasteiger partial charge >= 0.3 is 0 Å². The Balaban J connectivity index is 1.67. The number of rotatable bonds is 5. The zero-order valence-corrected chi connectivity index (χ0v) is 16.4. The average Bonchev–Trinajstić information content (AvgIpc) is 3.00. The molecule has 6 nitrogen and oxygen atoms in total. The topological polar surface area (TPSA) is 84.0 Å². The van der Waals surface area contributed by atoms with Crippen molar-refractivity contribution in [2.45, 2.75) is 19.4 Å². The molecule has 4 rings (SSSR count). The van der Waals surface area contributed by atoms with Gasteiger partial charge in [-0.1, -0.05) is 42.5 Å². The van der Waals surface area contributed by atoms with Crippen LogP contribution in [0.1, 0.15) is 12.0 Å². The molecule has 0 amide bonds. The molecule has 1 aromatic heterocycles. The van der Waals surface area contributed by atoms with Crippen LogP contribution in [0, 0.1) is 6.92 Å². The minimum Gasteiger partial charge on any atom is -0.366 e. The molecule has 1 fully saturated rings. The Hall–Kier alpha value is -2.93. The monoisotopic (exact) mass is 394 g/mol. The number of nitrogens with one attached hydrogen (secondary N) is 2. The maximum absolute atomic E-state index is 11.8. The van der Waals surface area contributed by atoms with Gasteiger partial charge in [-0.3, -0.25) is 0 Å². The van der Waals surface area contributed by atoms with E-state index < -0.39 is 9.84 Å². The molecule has 0 radical (unpaired) electrons. The first-order chi connectivity index (χ1) is 13.5. The molecule has 1 saturated heterocycles. The summed E-state index contributed by atoms with van der Waals surface area (Å²) in [4.78, 5) is 9.27. The maximum atomic E-state index is 11.8. The smallest absolute Gasteiger partial charge is 0.163 e. The van der Waals surface area contributed by atoms with Crippen LogP contribution >= 0.6 is 0 Å². The second kappa shape index (κ2) is 7.59. The van der Waals surface area contributed by atoms with Crippen molar-refractivity contribution < 1.29 is 8.42 Å². The lowest BCUT2D eigenvalue weighted by molar-refractivity contribution is 0.602. The normalized spacial score (nSPS) is 18.0. The highest BCUT2D eigenvalue weighted by Crippen LogP contribution is 2.25. The lowest BCUT2D eigenvalue weighted by Gasteiger charge is -2.15. The van der Waals surface area contributed by atoms with Gasteiger partial charge in [-0.2, -0.15) is 0 Å². The fourth-order valence-electron chi connectivity index (χ4n) is 3.29. The zero-order chi connectivity index (χ0) is 19.6. The molecule has 0 bridgehead atoms. The summed E-state index contributed by atoms with van der Waals surface area (Å²) in [7, 11) is -2.96. The zero-order valence-electron chi connectivity index (χ0n) is 15.6. The van der Waals surface area contributed by atoms with Crippen LogP contribution < -0.4 is 10.6 Å². The van der Waals surface area contributed by atoms with Crippen LogP contribution in [0.3, 0.4) is 0 Å². The summed E-state index contributed by atoms with van der Waals surface area (Å²) in [6.45, 7) is 2.04. The molecule has 2 heterocycles. The summed E-state index contributed by atoms with van der Waals surface area (Å²) in [5, 5.41) is 6.60. The first kappa shape index (κ1) is 18.4. The third-order valence-corrected chi connectivity index (χ3v) is 6.40. The largest absolute Gasteiger partial charge is 0.366 e. The molecular formula is C21H22N4O2S. The highest BCUT2D eigenvalue weighted by molar-refractivity contribution is 7.91. The Kier molecular flexibility index (Phi) is 5.00. The van der Waals surface area contributed by atoms with E-state index in [-0.39, 0.29) is 17.5 Å². The molecule has 144 valence electrons. The Labute approximate surface area is 165 Å². The van der Waals surface area contributed by atoms with Crippen LogP contribution in [-0.4, -0.2) is 35.9 Å². The van der Waals surface area contributed by atoms with E-state index in [9.17, 15) is 8.42 Å². The summed E-state index contributed by atoms with van der Waals surface area (Å²) in [5.41, 5.74) is 2.99. The molecule has 2 aromatic carbocycles. The summed E-state index contributed by atoms with van der Waals surface area (Å²) < 4.78 is 23.5. The van der Waals surface area contributed by atoms with Gasteiger partial charge in [0.05, 0.1) is 11.5 Å². The number of nitrogens with zero attached hydrogens (tertiary/aromatic N) is 2. The van der Waals surface area contributed by atoms with Crippen LogP contribution in [-0.2, 0) is 9.84 Å². The van der Waals surface area contributed by atoms with Crippen LogP contribution in [0.15, 0.2) is 60.7 Å². The van der Waals surface area contributed by atoms with E-state index in [1.54, 1.807) is 0 Å². The molecule has 0 spiro atoms. The number of benzene rings is 2. The van der Waals surface area contributed by atoms with Gasteiger partial charge in [0.25, 0.3) is 0 Å².